The number of benzene rings is 9. The van der Waals surface area contributed by atoms with Crippen molar-refractivity contribution in [1.29, 1.82) is 0 Å². The van der Waals surface area contributed by atoms with E-state index in [1.807, 2.05) is 0 Å². The van der Waals surface area contributed by atoms with Gasteiger partial charge in [0, 0.05) is 55.0 Å². The topological polar surface area (TPSA) is 32.2 Å². The molecule has 0 saturated heterocycles. The summed E-state index contributed by atoms with van der Waals surface area (Å²) in [5, 5.41) is 6.97. The average molecular weight is 819 g/mol. The number of furan rings is 1. The maximum absolute atomic E-state index is 7.63. The summed E-state index contributed by atoms with van der Waals surface area (Å²) in [5.41, 5.74) is 16.1. The van der Waals surface area contributed by atoms with Gasteiger partial charge in [-0.2, -0.15) is 0 Å². The van der Waals surface area contributed by atoms with Gasteiger partial charge in [0.1, 0.15) is 17.4 Å². The molecule has 4 heteroatoms. The van der Waals surface area contributed by atoms with E-state index in [4.69, 9.17) is 9.15 Å². The molecule has 3 aromatic heterocycles. The second-order valence-electron chi connectivity index (χ2n) is 17.1. The van der Waals surface area contributed by atoms with Crippen molar-refractivity contribution < 1.29 is 9.15 Å². The summed E-state index contributed by atoms with van der Waals surface area (Å²) in [5.74, 6) is 0.836. The first kappa shape index (κ1) is 35.3. The summed E-state index contributed by atoms with van der Waals surface area (Å²) in [6, 6.07) is 72.0. The van der Waals surface area contributed by atoms with Crippen LogP contribution in [0.15, 0.2) is 223 Å². The highest BCUT2D eigenvalue weighted by Crippen LogP contribution is 2.58. The molecule has 0 radical (unpaired) electrons. The molecule has 0 bridgehead atoms. The Bertz CT molecular complexity index is 3820. The molecule has 300 valence electrons. The van der Waals surface area contributed by atoms with E-state index >= 15 is 0 Å². The summed E-state index contributed by atoms with van der Waals surface area (Å²) < 4.78 is 19.7. The van der Waals surface area contributed by atoms with Crippen molar-refractivity contribution >= 4 is 71.1 Å². The summed E-state index contributed by atoms with van der Waals surface area (Å²) in [6.07, 6.45) is 6.72. The molecule has 4 nitrogen and oxygen atoms in total. The van der Waals surface area contributed by atoms with Gasteiger partial charge in [0.15, 0.2) is 5.58 Å². The molecule has 0 spiro atoms. The van der Waals surface area contributed by atoms with Gasteiger partial charge >= 0.3 is 0 Å². The van der Waals surface area contributed by atoms with Gasteiger partial charge in [-0.05, 0) is 64.7 Å². The molecule has 12 aromatic rings. The summed E-state index contributed by atoms with van der Waals surface area (Å²) >= 11 is 0. The SMILES string of the molecule is C1=CC2Oc3c(c(-c4ccccc4)c4c(oc5c(-n6c7ccccc7c7ccccc76)cc(-n6c7ccccc7c7ccccc76)cc54)c3-c3ccccc3)C2C=C1c1ccccc1. The van der Waals surface area contributed by atoms with E-state index < -0.39 is 0 Å². The van der Waals surface area contributed by atoms with Gasteiger partial charge in [-0.1, -0.05) is 176 Å². The number of hydrogen-bond acceptors (Lipinski definition) is 2. The normalized spacial score (nSPS) is 15.7. The maximum Gasteiger partial charge on any atom is 0.159 e. The largest absolute Gasteiger partial charge is 0.484 e. The fraction of sp³-hybridized carbons (Fsp3) is 0.0333. The molecule has 4 heterocycles. The first-order valence-corrected chi connectivity index (χ1v) is 22.1. The van der Waals surface area contributed by atoms with Gasteiger partial charge in [-0.3, -0.25) is 0 Å². The molecule has 2 atom stereocenters. The van der Waals surface area contributed by atoms with Crippen LogP contribution in [0.2, 0.25) is 0 Å². The van der Waals surface area contributed by atoms with E-state index in [1.165, 1.54) is 38.2 Å². The third-order valence-electron chi connectivity index (χ3n) is 13.6. The van der Waals surface area contributed by atoms with E-state index in [1.54, 1.807) is 0 Å². The van der Waals surface area contributed by atoms with Gasteiger partial charge in [0.25, 0.3) is 0 Å². The lowest BCUT2D eigenvalue weighted by molar-refractivity contribution is 0.270. The zero-order chi connectivity index (χ0) is 41.9. The lowest BCUT2D eigenvalue weighted by Crippen LogP contribution is -2.17. The molecule has 2 unspecified atom stereocenters. The fourth-order valence-corrected chi connectivity index (χ4v) is 10.9. The van der Waals surface area contributed by atoms with Crippen LogP contribution in [-0.2, 0) is 0 Å². The number of ether oxygens (including phenoxy) is 1. The number of hydrogen-bond donors (Lipinski definition) is 0. The Kier molecular flexibility index (Phi) is 7.48. The molecular formula is C60H38N2O2. The van der Waals surface area contributed by atoms with Crippen LogP contribution in [0.5, 0.6) is 5.75 Å². The highest BCUT2D eigenvalue weighted by molar-refractivity contribution is 6.22. The predicted octanol–water partition coefficient (Wildman–Crippen LogP) is 15.6. The lowest BCUT2D eigenvalue weighted by atomic mass is 9.80. The molecule has 64 heavy (non-hydrogen) atoms. The Morgan fingerprint density at radius 3 is 1.47 bits per heavy atom. The molecule has 0 fully saturated rings. The van der Waals surface area contributed by atoms with E-state index in [2.05, 4.69) is 228 Å². The van der Waals surface area contributed by atoms with Crippen molar-refractivity contribution in [1.82, 2.24) is 9.13 Å². The monoisotopic (exact) mass is 818 g/mol. The Morgan fingerprint density at radius 1 is 0.422 bits per heavy atom. The third kappa shape index (κ3) is 4.99. The number of allylic oxidation sites excluding steroid dienone is 2. The van der Waals surface area contributed by atoms with Gasteiger partial charge in [-0.15, -0.1) is 0 Å². The molecular weight excluding hydrogens is 781 g/mol. The van der Waals surface area contributed by atoms with Crippen LogP contribution in [-0.4, -0.2) is 15.2 Å². The second-order valence-corrected chi connectivity index (χ2v) is 17.1. The molecule has 0 saturated carbocycles. The minimum atomic E-state index is -0.175. The summed E-state index contributed by atoms with van der Waals surface area (Å²) in [7, 11) is 0. The van der Waals surface area contributed by atoms with Crippen LogP contribution in [0.1, 0.15) is 17.0 Å². The molecule has 9 aromatic carbocycles. The van der Waals surface area contributed by atoms with Crippen molar-refractivity contribution in [3.8, 4) is 39.4 Å². The van der Waals surface area contributed by atoms with Crippen molar-refractivity contribution in [3.63, 3.8) is 0 Å². The number of rotatable bonds is 5. The van der Waals surface area contributed by atoms with Gasteiger partial charge in [-0.25, -0.2) is 0 Å². The zero-order valence-corrected chi connectivity index (χ0v) is 34.7. The first-order valence-electron chi connectivity index (χ1n) is 22.1. The molecule has 14 rings (SSSR count). The molecule has 1 aliphatic heterocycles. The van der Waals surface area contributed by atoms with E-state index in [9.17, 15) is 0 Å². The Morgan fingerprint density at radius 2 is 0.906 bits per heavy atom. The number of nitrogens with zero attached hydrogens (tertiary/aromatic N) is 2. The molecule has 0 N–H and O–H groups in total. The van der Waals surface area contributed by atoms with Crippen molar-refractivity contribution in [2.45, 2.75) is 12.0 Å². The van der Waals surface area contributed by atoms with E-state index in [0.717, 1.165) is 83.4 Å². The minimum absolute atomic E-state index is 0.0421. The Hall–Kier alpha value is -8.34. The van der Waals surface area contributed by atoms with Crippen LogP contribution in [0.25, 0.3) is 105 Å². The molecule has 1 aliphatic carbocycles. The predicted molar refractivity (Wildman–Crippen MR) is 264 cm³/mol. The minimum Gasteiger partial charge on any atom is -0.484 e. The van der Waals surface area contributed by atoms with Gasteiger partial charge in [0.05, 0.1) is 33.3 Å². The highest BCUT2D eigenvalue weighted by atomic mass is 16.5. The quantitative estimate of drug-likeness (QED) is 0.173. The summed E-state index contributed by atoms with van der Waals surface area (Å²) in [6.45, 7) is 0. The smallest absolute Gasteiger partial charge is 0.159 e. The fourth-order valence-electron chi connectivity index (χ4n) is 10.9. The Labute approximate surface area is 368 Å². The number of para-hydroxylation sites is 4. The first-order chi connectivity index (χ1) is 31.8. The Balaban J connectivity index is 1.20. The molecule has 0 amide bonds. The van der Waals surface area contributed by atoms with Crippen LogP contribution < -0.4 is 4.74 Å². The third-order valence-corrected chi connectivity index (χ3v) is 13.6. The van der Waals surface area contributed by atoms with Gasteiger partial charge < -0.3 is 18.3 Å². The van der Waals surface area contributed by atoms with Crippen LogP contribution >= 0.6 is 0 Å². The van der Waals surface area contributed by atoms with Crippen molar-refractivity contribution in [2.24, 2.45) is 0 Å². The number of fused-ring (bicyclic) bond motifs is 12. The lowest BCUT2D eigenvalue weighted by Gasteiger charge is -2.20. The van der Waals surface area contributed by atoms with Crippen LogP contribution in [0.3, 0.4) is 0 Å². The van der Waals surface area contributed by atoms with Crippen LogP contribution in [0, 0.1) is 0 Å². The van der Waals surface area contributed by atoms with E-state index in [-0.39, 0.29) is 12.0 Å². The van der Waals surface area contributed by atoms with E-state index in [0.29, 0.717) is 0 Å². The average Bonchev–Trinajstić information content (AvgIpc) is 4.12. The number of aromatic nitrogens is 2. The van der Waals surface area contributed by atoms with Crippen molar-refractivity contribution in [3.05, 3.63) is 230 Å². The summed E-state index contributed by atoms with van der Waals surface area (Å²) in [4.78, 5) is 0. The van der Waals surface area contributed by atoms with Gasteiger partial charge in [0.2, 0.25) is 0 Å². The van der Waals surface area contributed by atoms with Crippen molar-refractivity contribution in [2.75, 3.05) is 0 Å². The maximum atomic E-state index is 7.63. The molecule has 2 aliphatic rings. The zero-order valence-electron chi connectivity index (χ0n) is 34.7. The second kappa shape index (κ2) is 13.6. The standard InChI is InChI=1S/C60H38N2O2/c1-4-18-37(19-5-1)40-32-33-53-46(34-40)56-54(38-20-6-2-7-21-38)57-47-35-41(61-48-28-14-10-24-42(48)43-25-11-15-29-49(43)61)36-52(62-50-30-16-12-26-44(50)45-27-13-17-31-51(45)62)58(47)64-60(57)55(59(56)63-53)39-22-8-3-9-23-39/h1-36,46,53H. The van der Waals surface area contributed by atoms with Crippen LogP contribution in [0.4, 0.5) is 0 Å². The highest BCUT2D eigenvalue weighted by Gasteiger charge is 2.41.